The number of ether oxygens (including phenoxy) is 1. The van der Waals surface area contributed by atoms with Gasteiger partial charge in [-0.2, -0.15) is 0 Å². The molecule has 1 N–H and O–H groups in total. The molecule has 1 heterocycles. The van der Waals surface area contributed by atoms with Crippen LogP contribution in [-0.4, -0.2) is 40.5 Å². The summed E-state index contributed by atoms with van der Waals surface area (Å²) in [6, 6.07) is 5.24. The van der Waals surface area contributed by atoms with E-state index in [0.29, 0.717) is 40.2 Å². The second-order valence-corrected chi connectivity index (χ2v) is 10.6. The minimum Gasteiger partial charge on any atom is -0.383 e. The van der Waals surface area contributed by atoms with Gasteiger partial charge in [0.15, 0.2) is 5.16 Å². The van der Waals surface area contributed by atoms with Crippen molar-refractivity contribution in [2.45, 2.75) is 62.5 Å². The number of benzene rings is 1. The number of hydrogen-bond acceptors (Lipinski definition) is 5. The Kier molecular flexibility index (Phi) is 6.94. The number of carbonyl (C=O) groups excluding carboxylic acids is 1. The lowest BCUT2D eigenvalue weighted by Gasteiger charge is -2.29. The molecule has 1 aromatic carbocycles. The van der Waals surface area contributed by atoms with Crippen molar-refractivity contribution in [2.75, 3.05) is 13.7 Å². The molecule has 8 heteroatoms. The Labute approximate surface area is 192 Å². The fourth-order valence-electron chi connectivity index (χ4n) is 5.21. The molecular weight excluding hydrogens is 434 g/mol. The molecule has 4 rings (SSSR count). The van der Waals surface area contributed by atoms with Gasteiger partial charge in [-0.25, -0.2) is 4.98 Å². The zero-order chi connectivity index (χ0) is 22.1. The Hall–Kier alpha value is -1.57. The first-order chi connectivity index (χ1) is 14.9. The van der Waals surface area contributed by atoms with Crippen molar-refractivity contribution in [3.8, 4) is 0 Å². The summed E-state index contributed by atoms with van der Waals surface area (Å²) in [5.74, 6) is 2.18. The average Bonchev–Trinajstić information content (AvgIpc) is 3.37. The number of carbonyl (C=O) groups is 1. The normalized spacial score (nSPS) is 24.5. The fourth-order valence-corrected chi connectivity index (χ4v) is 6.32. The first kappa shape index (κ1) is 22.6. The van der Waals surface area contributed by atoms with E-state index in [-0.39, 0.29) is 22.8 Å². The highest BCUT2D eigenvalue weighted by Crippen LogP contribution is 2.49. The van der Waals surface area contributed by atoms with E-state index in [2.05, 4.69) is 17.2 Å². The third-order valence-electron chi connectivity index (χ3n) is 6.86. The number of amides is 1. The second kappa shape index (κ2) is 9.51. The van der Waals surface area contributed by atoms with Gasteiger partial charge in [-0.3, -0.25) is 14.2 Å². The quantitative estimate of drug-likeness (QED) is 0.471. The van der Waals surface area contributed by atoms with Crippen LogP contribution >= 0.6 is 23.4 Å². The maximum absolute atomic E-state index is 13.1. The monoisotopic (exact) mass is 463 g/mol. The van der Waals surface area contributed by atoms with E-state index in [1.165, 1.54) is 37.4 Å². The van der Waals surface area contributed by atoms with Crippen LogP contribution in [0.25, 0.3) is 10.9 Å². The summed E-state index contributed by atoms with van der Waals surface area (Å²) in [5, 5.41) is 4.39. The van der Waals surface area contributed by atoms with Crippen molar-refractivity contribution in [3.05, 3.63) is 33.6 Å². The Balaban J connectivity index is 1.51. The summed E-state index contributed by atoms with van der Waals surface area (Å²) in [4.78, 5) is 30.7. The van der Waals surface area contributed by atoms with Gasteiger partial charge >= 0.3 is 0 Å². The van der Waals surface area contributed by atoms with Gasteiger partial charge in [-0.1, -0.05) is 29.8 Å². The molecule has 31 heavy (non-hydrogen) atoms. The predicted octanol–water partition coefficient (Wildman–Crippen LogP) is 4.12. The highest BCUT2D eigenvalue weighted by molar-refractivity contribution is 8.00. The molecule has 2 fully saturated rings. The number of halogens is 1. The van der Waals surface area contributed by atoms with Crippen LogP contribution < -0.4 is 10.9 Å². The van der Waals surface area contributed by atoms with E-state index in [9.17, 15) is 9.59 Å². The number of nitrogens with one attached hydrogen (secondary N) is 1. The molecule has 0 radical (unpaired) electrons. The summed E-state index contributed by atoms with van der Waals surface area (Å²) in [7, 11) is 1.60. The maximum Gasteiger partial charge on any atom is 0.262 e. The Morgan fingerprint density at radius 2 is 2.16 bits per heavy atom. The van der Waals surface area contributed by atoms with Gasteiger partial charge in [0.25, 0.3) is 5.56 Å². The number of methoxy groups -OCH3 is 1. The maximum atomic E-state index is 13.1. The van der Waals surface area contributed by atoms with Crippen molar-refractivity contribution in [1.29, 1.82) is 0 Å². The molecule has 6 nitrogen and oxygen atoms in total. The van der Waals surface area contributed by atoms with Crippen LogP contribution in [-0.2, 0) is 16.1 Å². The SMILES string of the molecule is COCCn1c(SC(C)C(=O)NC(C)C2CC3CCC2C3)nc2cc(Cl)ccc2c1=O. The lowest BCUT2D eigenvalue weighted by molar-refractivity contribution is -0.121. The van der Waals surface area contributed by atoms with Crippen molar-refractivity contribution < 1.29 is 9.53 Å². The average molecular weight is 464 g/mol. The smallest absolute Gasteiger partial charge is 0.262 e. The number of nitrogens with zero attached hydrogens (tertiary/aromatic N) is 2. The Morgan fingerprint density at radius 3 is 2.84 bits per heavy atom. The van der Waals surface area contributed by atoms with E-state index in [1.54, 1.807) is 29.9 Å². The molecule has 2 aliphatic carbocycles. The molecule has 2 saturated carbocycles. The molecule has 5 atom stereocenters. The van der Waals surface area contributed by atoms with E-state index >= 15 is 0 Å². The molecule has 0 saturated heterocycles. The number of fused-ring (bicyclic) bond motifs is 3. The first-order valence-electron chi connectivity index (χ1n) is 11.0. The summed E-state index contributed by atoms with van der Waals surface area (Å²) >= 11 is 7.41. The van der Waals surface area contributed by atoms with Crippen LogP contribution in [0.4, 0.5) is 0 Å². The second-order valence-electron chi connectivity index (χ2n) is 8.90. The summed E-state index contributed by atoms with van der Waals surface area (Å²) in [5.41, 5.74) is 0.390. The van der Waals surface area contributed by atoms with Gasteiger partial charge in [0, 0.05) is 18.2 Å². The number of aromatic nitrogens is 2. The molecular formula is C23H30ClN3O3S. The first-order valence-corrected chi connectivity index (χ1v) is 12.3. The molecule has 2 bridgehead atoms. The number of hydrogen-bond donors (Lipinski definition) is 1. The Morgan fingerprint density at radius 1 is 1.35 bits per heavy atom. The van der Waals surface area contributed by atoms with Gasteiger partial charge in [0.2, 0.25) is 5.91 Å². The van der Waals surface area contributed by atoms with E-state index < -0.39 is 0 Å². The lowest BCUT2D eigenvalue weighted by Crippen LogP contribution is -2.43. The minimum absolute atomic E-state index is 0.0148. The largest absolute Gasteiger partial charge is 0.383 e. The van der Waals surface area contributed by atoms with Gasteiger partial charge in [0.1, 0.15) is 0 Å². The van der Waals surface area contributed by atoms with Gasteiger partial charge in [-0.05, 0) is 69.1 Å². The van der Waals surface area contributed by atoms with Crippen LogP contribution in [0.5, 0.6) is 0 Å². The van der Waals surface area contributed by atoms with Crippen LogP contribution in [0.2, 0.25) is 5.02 Å². The molecule has 0 aliphatic heterocycles. The molecule has 2 aromatic rings. The molecule has 1 amide bonds. The summed E-state index contributed by atoms with van der Waals surface area (Å²) in [6.07, 6.45) is 5.21. The fraction of sp³-hybridized carbons (Fsp3) is 0.609. The highest BCUT2D eigenvalue weighted by atomic mass is 35.5. The van der Waals surface area contributed by atoms with Crippen LogP contribution in [0.15, 0.2) is 28.2 Å². The molecule has 168 valence electrons. The third kappa shape index (κ3) is 4.78. The predicted molar refractivity (Wildman–Crippen MR) is 125 cm³/mol. The van der Waals surface area contributed by atoms with Gasteiger partial charge in [-0.15, -0.1) is 0 Å². The van der Waals surface area contributed by atoms with E-state index in [1.807, 2.05) is 6.92 Å². The molecule has 5 unspecified atom stereocenters. The number of thioether (sulfide) groups is 1. The minimum atomic E-state index is -0.377. The zero-order valence-electron chi connectivity index (χ0n) is 18.3. The highest BCUT2D eigenvalue weighted by Gasteiger charge is 2.42. The third-order valence-corrected chi connectivity index (χ3v) is 8.18. The lowest BCUT2D eigenvalue weighted by atomic mass is 9.84. The summed E-state index contributed by atoms with van der Waals surface area (Å²) < 4.78 is 6.77. The summed E-state index contributed by atoms with van der Waals surface area (Å²) in [6.45, 7) is 4.75. The standard InChI is InChI=1S/C23H30ClN3O3S/c1-13(19-11-15-4-5-16(19)10-15)25-21(28)14(2)31-23-26-20-12-17(24)6-7-18(20)22(29)27(23)8-9-30-3/h6-7,12-16,19H,4-5,8-11H2,1-3H3,(H,25,28). The number of rotatable bonds is 8. The molecule has 0 spiro atoms. The van der Waals surface area contributed by atoms with Crippen molar-refractivity contribution in [1.82, 2.24) is 14.9 Å². The van der Waals surface area contributed by atoms with Gasteiger partial charge in [0.05, 0.1) is 29.3 Å². The molecule has 1 aromatic heterocycles. The van der Waals surface area contributed by atoms with Crippen molar-refractivity contribution in [2.24, 2.45) is 17.8 Å². The van der Waals surface area contributed by atoms with E-state index in [0.717, 1.165) is 11.8 Å². The van der Waals surface area contributed by atoms with Crippen LogP contribution in [0, 0.1) is 17.8 Å². The topological polar surface area (TPSA) is 73.2 Å². The van der Waals surface area contributed by atoms with Crippen molar-refractivity contribution >= 4 is 40.2 Å². The zero-order valence-corrected chi connectivity index (χ0v) is 19.8. The van der Waals surface area contributed by atoms with Crippen molar-refractivity contribution in [3.63, 3.8) is 0 Å². The Bertz CT molecular complexity index is 1030. The van der Waals surface area contributed by atoms with Crippen LogP contribution in [0.3, 0.4) is 0 Å². The van der Waals surface area contributed by atoms with Gasteiger partial charge < -0.3 is 10.1 Å². The molecule has 2 aliphatic rings. The van der Waals surface area contributed by atoms with E-state index in [4.69, 9.17) is 16.3 Å². The van der Waals surface area contributed by atoms with Crippen LogP contribution in [0.1, 0.15) is 39.5 Å².